The lowest BCUT2D eigenvalue weighted by molar-refractivity contribution is 0.0502. The molecule has 0 N–H and O–H groups in total. The molecule has 1 aromatic rings. The highest BCUT2D eigenvalue weighted by Gasteiger charge is 2.50. The fourth-order valence-electron chi connectivity index (χ4n) is 5.77. The predicted octanol–water partition coefficient (Wildman–Crippen LogP) is 4.92. The zero-order valence-electron chi connectivity index (χ0n) is 13.9. The molecule has 120 valence electrons. The molecule has 2 saturated carbocycles. The summed E-state index contributed by atoms with van der Waals surface area (Å²) in [6.07, 6.45) is 9.84. The van der Waals surface area contributed by atoms with Crippen molar-refractivity contribution in [3.05, 3.63) is 29.3 Å². The third kappa shape index (κ3) is 2.27. The predicted molar refractivity (Wildman–Crippen MR) is 88.2 cm³/mol. The Morgan fingerprint density at radius 1 is 1.18 bits per heavy atom. The van der Waals surface area contributed by atoms with Gasteiger partial charge in [-0.05, 0) is 85.0 Å². The van der Waals surface area contributed by atoms with Crippen LogP contribution in [0.1, 0.15) is 62.5 Å². The van der Waals surface area contributed by atoms with E-state index in [2.05, 4.69) is 25.1 Å². The van der Waals surface area contributed by atoms with Crippen LogP contribution in [0.4, 0.5) is 0 Å². The topological polar surface area (TPSA) is 18.5 Å². The van der Waals surface area contributed by atoms with Gasteiger partial charge < -0.3 is 9.47 Å². The molecule has 0 spiro atoms. The first-order chi connectivity index (χ1) is 10.7. The minimum absolute atomic E-state index is 0.339. The van der Waals surface area contributed by atoms with Gasteiger partial charge in [-0.25, -0.2) is 0 Å². The molecule has 0 radical (unpaired) electrons. The number of fused-ring (bicyclic) bond motifs is 5. The Kier molecular flexibility index (Phi) is 3.68. The summed E-state index contributed by atoms with van der Waals surface area (Å²) in [4.78, 5) is 0. The van der Waals surface area contributed by atoms with E-state index >= 15 is 0 Å². The van der Waals surface area contributed by atoms with Gasteiger partial charge in [-0.15, -0.1) is 0 Å². The Balaban J connectivity index is 1.60. The molecular formula is C20H28O2. The lowest BCUT2D eigenvalue weighted by Gasteiger charge is -2.49. The van der Waals surface area contributed by atoms with Crippen LogP contribution >= 0.6 is 0 Å². The summed E-state index contributed by atoms with van der Waals surface area (Å²) in [5.74, 6) is 3.67. The summed E-state index contributed by atoms with van der Waals surface area (Å²) in [6.45, 7) is 2.91. The van der Waals surface area contributed by atoms with Crippen LogP contribution in [-0.4, -0.2) is 13.9 Å². The average Bonchev–Trinajstić information content (AvgIpc) is 2.94. The molecule has 0 aromatic heterocycles. The molecule has 3 unspecified atom stereocenters. The van der Waals surface area contributed by atoms with Crippen LogP contribution in [0.25, 0.3) is 0 Å². The van der Waals surface area contributed by atoms with Gasteiger partial charge in [0, 0.05) is 7.11 Å². The van der Waals surface area contributed by atoms with E-state index in [9.17, 15) is 0 Å². The van der Waals surface area contributed by atoms with Gasteiger partial charge in [0.2, 0.25) is 0 Å². The van der Waals surface area contributed by atoms with Gasteiger partial charge in [0.25, 0.3) is 0 Å². The third-order valence-corrected chi connectivity index (χ3v) is 6.82. The van der Waals surface area contributed by atoms with Crippen molar-refractivity contribution in [2.24, 2.45) is 17.3 Å². The maximum absolute atomic E-state index is 5.62. The third-order valence-electron chi connectivity index (χ3n) is 6.82. The molecule has 2 fully saturated rings. The van der Waals surface area contributed by atoms with Crippen LogP contribution in [0.3, 0.4) is 0 Å². The molecule has 0 saturated heterocycles. The molecule has 2 heteroatoms. The Labute approximate surface area is 134 Å². The van der Waals surface area contributed by atoms with E-state index in [1.54, 1.807) is 12.7 Å². The summed E-state index contributed by atoms with van der Waals surface area (Å²) >= 11 is 0. The fourth-order valence-corrected chi connectivity index (χ4v) is 5.77. The van der Waals surface area contributed by atoms with Crippen molar-refractivity contribution >= 4 is 0 Å². The van der Waals surface area contributed by atoms with Gasteiger partial charge in [-0.1, -0.05) is 19.4 Å². The lowest BCUT2D eigenvalue weighted by Crippen LogP contribution is -2.39. The quantitative estimate of drug-likeness (QED) is 0.738. The van der Waals surface area contributed by atoms with Crippen molar-refractivity contribution in [3.8, 4) is 5.75 Å². The van der Waals surface area contributed by atoms with Crippen LogP contribution < -0.4 is 4.74 Å². The largest absolute Gasteiger partial charge is 0.468 e. The van der Waals surface area contributed by atoms with Gasteiger partial charge in [-0.2, -0.15) is 0 Å². The lowest BCUT2D eigenvalue weighted by atomic mass is 9.56. The molecule has 1 aromatic carbocycles. The van der Waals surface area contributed by atoms with Crippen LogP contribution in [0, 0.1) is 17.3 Å². The zero-order valence-corrected chi connectivity index (χ0v) is 13.9. The van der Waals surface area contributed by atoms with Crippen LogP contribution in [0.2, 0.25) is 0 Å². The summed E-state index contributed by atoms with van der Waals surface area (Å²) < 4.78 is 10.6. The van der Waals surface area contributed by atoms with Crippen molar-refractivity contribution in [1.29, 1.82) is 0 Å². The molecule has 4 rings (SSSR count). The number of methoxy groups -OCH3 is 1. The maximum atomic E-state index is 5.62. The molecule has 0 aliphatic heterocycles. The molecule has 0 amide bonds. The monoisotopic (exact) mass is 300 g/mol. The average molecular weight is 300 g/mol. The summed E-state index contributed by atoms with van der Waals surface area (Å²) in [5.41, 5.74) is 3.80. The van der Waals surface area contributed by atoms with Gasteiger partial charge >= 0.3 is 0 Å². The van der Waals surface area contributed by atoms with Gasteiger partial charge in [0.15, 0.2) is 6.79 Å². The molecule has 3 aliphatic rings. The van der Waals surface area contributed by atoms with E-state index in [-0.39, 0.29) is 0 Å². The minimum atomic E-state index is 0.339. The van der Waals surface area contributed by atoms with Crippen molar-refractivity contribution < 1.29 is 9.47 Å². The second kappa shape index (κ2) is 5.56. The molecule has 3 aliphatic carbocycles. The van der Waals surface area contributed by atoms with Crippen LogP contribution in [0.5, 0.6) is 5.75 Å². The van der Waals surface area contributed by atoms with E-state index in [4.69, 9.17) is 9.47 Å². The van der Waals surface area contributed by atoms with Crippen LogP contribution in [-0.2, 0) is 11.2 Å². The van der Waals surface area contributed by atoms with Gasteiger partial charge in [-0.3, -0.25) is 0 Å². The normalized spacial score (nSPS) is 36.4. The highest BCUT2D eigenvalue weighted by molar-refractivity contribution is 5.40. The Bertz CT molecular complexity index is 553. The number of hydrogen-bond donors (Lipinski definition) is 0. The summed E-state index contributed by atoms with van der Waals surface area (Å²) in [6, 6.07) is 6.74. The first kappa shape index (κ1) is 14.6. The minimum Gasteiger partial charge on any atom is -0.468 e. The Hall–Kier alpha value is -1.02. The molecule has 0 bridgehead atoms. The molecule has 22 heavy (non-hydrogen) atoms. The van der Waals surface area contributed by atoms with E-state index in [0.717, 1.165) is 23.5 Å². The summed E-state index contributed by atoms with van der Waals surface area (Å²) in [7, 11) is 1.67. The number of benzene rings is 1. The second-order valence-corrected chi connectivity index (χ2v) is 7.91. The van der Waals surface area contributed by atoms with Crippen molar-refractivity contribution in [2.75, 3.05) is 13.9 Å². The van der Waals surface area contributed by atoms with E-state index in [1.807, 2.05) is 0 Å². The highest BCUT2D eigenvalue weighted by atomic mass is 16.7. The molecule has 0 heterocycles. The van der Waals surface area contributed by atoms with E-state index in [1.165, 1.54) is 50.5 Å². The fraction of sp³-hybridized carbons (Fsp3) is 0.700. The second-order valence-electron chi connectivity index (χ2n) is 7.91. The molecular weight excluding hydrogens is 272 g/mol. The number of rotatable bonds is 3. The number of hydrogen-bond acceptors (Lipinski definition) is 2. The van der Waals surface area contributed by atoms with Gasteiger partial charge in [0.05, 0.1) is 0 Å². The SMILES string of the molecule is COCOc1ccc2c(c1)CCC1C2CC[C@]2(C)CCCC12. The number of aryl methyl sites for hydroxylation is 1. The standard InChI is InChI=1S/C20H28O2/c1-20-10-3-4-19(20)18-7-5-14-12-15(22-13-21-2)6-8-16(14)17(18)9-11-20/h6,8,12,17-19H,3-5,7,9-11,13H2,1-2H3/t17?,18?,19?,20-/m0/s1. The summed E-state index contributed by atoms with van der Waals surface area (Å²) in [5, 5.41) is 0. The van der Waals surface area contributed by atoms with Crippen molar-refractivity contribution in [3.63, 3.8) is 0 Å². The van der Waals surface area contributed by atoms with E-state index < -0.39 is 0 Å². The van der Waals surface area contributed by atoms with Gasteiger partial charge in [0.1, 0.15) is 5.75 Å². The highest BCUT2D eigenvalue weighted by Crippen LogP contribution is 2.60. The number of ether oxygens (including phenoxy) is 2. The maximum Gasteiger partial charge on any atom is 0.188 e. The Morgan fingerprint density at radius 2 is 2.09 bits per heavy atom. The Morgan fingerprint density at radius 3 is 2.95 bits per heavy atom. The first-order valence-electron chi connectivity index (χ1n) is 8.96. The smallest absolute Gasteiger partial charge is 0.188 e. The zero-order chi connectivity index (χ0) is 15.2. The van der Waals surface area contributed by atoms with Crippen LogP contribution in [0.15, 0.2) is 18.2 Å². The van der Waals surface area contributed by atoms with E-state index in [0.29, 0.717) is 12.2 Å². The van der Waals surface area contributed by atoms with Crippen molar-refractivity contribution in [2.45, 2.75) is 57.8 Å². The molecule has 4 atom stereocenters. The molecule has 2 nitrogen and oxygen atoms in total. The first-order valence-corrected chi connectivity index (χ1v) is 8.96. The van der Waals surface area contributed by atoms with Crippen molar-refractivity contribution in [1.82, 2.24) is 0 Å².